The molecule has 0 bridgehead atoms. The molecule has 0 atom stereocenters. The van der Waals surface area contributed by atoms with Crippen molar-refractivity contribution in [1.82, 2.24) is 29.7 Å². The van der Waals surface area contributed by atoms with Gasteiger partial charge in [-0.2, -0.15) is 0 Å². The molecule has 0 saturated carbocycles. The molecule has 0 amide bonds. The molecule has 0 N–H and O–H groups in total. The Morgan fingerprint density at radius 3 is 1.02 bits per heavy atom. The van der Waals surface area contributed by atoms with E-state index in [0.717, 1.165) is 74.6 Å². The molecule has 0 radical (unpaired) electrons. The predicted molar refractivity (Wildman–Crippen MR) is 169 cm³/mol. The number of aromatic nitrogens is 4. The highest BCUT2D eigenvalue weighted by molar-refractivity contribution is 5.26. The third kappa shape index (κ3) is 9.87. The van der Waals surface area contributed by atoms with Crippen LogP contribution >= 0.6 is 0 Å². The molecular weight excluding hydrogens is 535 g/mol. The lowest BCUT2D eigenvalue weighted by atomic mass is 10.1. The molecule has 0 saturated heterocycles. The fourth-order valence-corrected chi connectivity index (χ4v) is 5.17. The van der Waals surface area contributed by atoms with E-state index in [0.29, 0.717) is 24.2 Å². The van der Waals surface area contributed by atoms with E-state index in [2.05, 4.69) is 29.7 Å². The number of hydrogen-bond acceptors (Lipinski definition) is 6. The lowest BCUT2D eigenvalue weighted by Crippen LogP contribution is -2.30. The van der Waals surface area contributed by atoms with Gasteiger partial charge < -0.3 is 0 Å². The number of nitrogens with zero attached hydrogens (tertiary/aromatic N) is 6. The van der Waals surface area contributed by atoms with Crippen molar-refractivity contribution in [2.45, 2.75) is 38.8 Å². The number of hydrogen-bond donors (Lipinski definition) is 0. The maximum absolute atomic E-state index is 16.1. The Morgan fingerprint density at radius 1 is 0.419 bits per heavy atom. The predicted octanol–water partition coefficient (Wildman–Crippen LogP) is 5.98. The second kappa shape index (κ2) is 16.3. The Morgan fingerprint density at radius 2 is 0.744 bits per heavy atom. The maximum atomic E-state index is 16.1. The van der Waals surface area contributed by atoms with Crippen molar-refractivity contribution < 1.29 is 4.39 Å². The van der Waals surface area contributed by atoms with E-state index in [1.807, 2.05) is 116 Å². The van der Waals surface area contributed by atoms with Crippen molar-refractivity contribution in [2.75, 3.05) is 26.2 Å². The summed E-state index contributed by atoms with van der Waals surface area (Å²) in [5.74, 6) is -0.121. The summed E-state index contributed by atoms with van der Waals surface area (Å²) in [5.41, 5.74) is 5.59. The summed E-state index contributed by atoms with van der Waals surface area (Å²) in [6, 6.07) is 29.8. The summed E-state index contributed by atoms with van der Waals surface area (Å²) in [7, 11) is 0. The van der Waals surface area contributed by atoms with Crippen molar-refractivity contribution in [2.24, 2.45) is 0 Å². The highest BCUT2D eigenvalue weighted by Crippen LogP contribution is 2.19. The van der Waals surface area contributed by atoms with Crippen molar-refractivity contribution in [1.29, 1.82) is 0 Å². The van der Waals surface area contributed by atoms with Crippen molar-refractivity contribution in [3.05, 3.63) is 156 Å². The highest BCUT2D eigenvalue weighted by atomic mass is 19.1. The summed E-state index contributed by atoms with van der Waals surface area (Å²) in [5, 5.41) is 0. The van der Waals surface area contributed by atoms with E-state index in [4.69, 9.17) is 0 Å². The fourth-order valence-electron chi connectivity index (χ4n) is 5.17. The molecule has 43 heavy (non-hydrogen) atoms. The van der Waals surface area contributed by atoms with Crippen LogP contribution in [-0.2, 0) is 38.8 Å². The van der Waals surface area contributed by atoms with Crippen LogP contribution in [0.1, 0.15) is 33.9 Å². The smallest absolute Gasteiger partial charge is 0.132 e. The first kappa shape index (κ1) is 30.1. The van der Waals surface area contributed by atoms with Crippen LogP contribution in [0.2, 0.25) is 0 Å². The van der Waals surface area contributed by atoms with E-state index in [1.165, 1.54) is 0 Å². The fraction of sp³-hybridized carbons (Fsp3) is 0.278. The molecule has 0 fully saturated rings. The van der Waals surface area contributed by atoms with Gasteiger partial charge in [-0.05, 0) is 48.5 Å². The zero-order chi connectivity index (χ0) is 29.5. The summed E-state index contributed by atoms with van der Waals surface area (Å²) >= 11 is 0. The highest BCUT2D eigenvalue weighted by Gasteiger charge is 2.16. The first-order valence-corrected chi connectivity index (χ1v) is 15.0. The van der Waals surface area contributed by atoms with Gasteiger partial charge in [-0.15, -0.1) is 0 Å². The number of pyridine rings is 4. The topological polar surface area (TPSA) is 58.0 Å². The molecule has 0 aliphatic heterocycles. The second-order valence-corrected chi connectivity index (χ2v) is 10.7. The molecule has 6 nitrogen and oxygen atoms in total. The summed E-state index contributed by atoms with van der Waals surface area (Å²) in [6.07, 6.45) is 10.5. The molecule has 1 aromatic carbocycles. The lowest BCUT2D eigenvalue weighted by molar-refractivity contribution is 0.258. The molecular formula is C36H39FN6. The van der Waals surface area contributed by atoms with Crippen LogP contribution in [0.25, 0.3) is 0 Å². The van der Waals surface area contributed by atoms with Gasteiger partial charge in [0.2, 0.25) is 0 Å². The van der Waals surface area contributed by atoms with E-state index in [-0.39, 0.29) is 5.82 Å². The molecule has 0 spiro atoms. The Bertz CT molecular complexity index is 1290. The van der Waals surface area contributed by atoms with Gasteiger partial charge in [-0.3, -0.25) is 29.7 Å². The molecule has 7 heteroatoms. The van der Waals surface area contributed by atoms with Crippen LogP contribution in [0.5, 0.6) is 0 Å². The monoisotopic (exact) mass is 574 g/mol. The van der Waals surface area contributed by atoms with Gasteiger partial charge in [-0.1, -0.05) is 42.5 Å². The van der Waals surface area contributed by atoms with Crippen LogP contribution in [0.15, 0.2) is 116 Å². The largest absolute Gasteiger partial charge is 0.298 e. The molecule has 0 aliphatic carbocycles. The van der Waals surface area contributed by atoms with Gasteiger partial charge in [0.1, 0.15) is 5.82 Å². The quantitative estimate of drug-likeness (QED) is 0.145. The molecule has 220 valence electrons. The van der Waals surface area contributed by atoms with Gasteiger partial charge in [-0.25, -0.2) is 4.39 Å². The van der Waals surface area contributed by atoms with Crippen LogP contribution < -0.4 is 0 Å². The van der Waals surface area contributed by atoms with Crippen LogP contribution in [0, 0.1) is 5.82 Å². The van der Waals surface area contributed by atoms with Crippen LogP contribution in [-0.4, -0.2) is 55.9 Å². The van der Waals surface area contributed by atoms with E-state index < -0.39 is 0 Å². The minimum absolute atomic E-state index is 0.121. The van der Waals surface area contributed by atoms with Gasteiger partial charge >= 0.3 is 0 Å². The second-order valence-electron chi connectivity index (χ2n) is 10.7. The number of rotatable bonds is 16. The van der Waals surface area contributed by atoms with Crippen LogP contribution in [0.3, 0.4) is 0 Å². The zero-order valence-electron chi connectivity index (χ0n) is 24.6. The van der Waals surface area contributed by atoms with Gasteiger partial charge in [0.25, 0.3) is 0 Å². The van der Waals surface area contributed by atoms with E-state index >= 15 is 4.39 Å². The van der Waals surface area contributed by atoms with Crippen molar-refractivity contribution in [3.63, 3.8) is 0 Å². The van der Waals surface area contributed by atoms with Gasteiger partial charge in [0.15, 0.2) is 0 Å². The van der Waals surface area contributed by atoms with E-state index in [9.17, 15) is 0 Å². The SMILES string of the molecule is Fc1c(CN(CCc2ccccn2)CCc2ccccn2)cccc1CN(CCc1ccccn1)CCc1ccccn1. The molecule has 4 heterocycles. The normalized spacial score (nSPS) is 11.3. The van der Waals surface area contributed by atoms with Gasteiger partial charge in [0, 0.05) is 124 Å². The Hall–Kier alpha value is -4.33. The van der Waals surface area contributed by atoms with Crippen molar-refractivity contribution in [3.8, 4) is 0 Å². The molecule has 5 rings (SSSR count). The number of benzene rings is 1. The van der Waals surface area contributed by atoms with E-state index in [1.54, 1.807) is 0 Å². The molecule has 5 aromatic rings. The van der Waals surface area contributed by atoms with Crippen LogP contribution in [0.4, 0.5) is 4.39 Å². The molecule has 0 aliphatic rings. The molecule has 0 unspecified atom stereocenters. The minimum Gasteiger partial charge on any atom is -0.298 e. The number of halogens is 1. The summed E-state index contributed by atoms with van der Waals surface area (Å²) in [6.45, 7) is 4.20. The standard InChI is InChI=1S/C36H39FN6/c37-36-30(28-42(24-16-32-12-1-5-20-38-32)25-17-33-13-2-6-21-39-33)10-9-11-31(36)29-43(26-18-34-14-3-7-22-40-34)27-19-35-15-4-8-23-41-35/h1-15,20-23H,16-19,24-29H2. The Labute approximate surface area is 254 Å². The average Bonchev–Trinajstić information content (AvgIpc) is 3.07. The molecule has 4 aromatic heterocycles. The lowest BCUT2D eigenvalue weighted by Gasteiger charge is -2.25. The Kier molecular flexibility index (Phi) is 11.5. The summed E-state index contributed by atoms with van der Waals surface area (Å²) < 4.78 is 16.1. The Balaban J connectivity index is 1.28. The third-order valence-corrected chi connectivity index (χ3v) is 7.59. The third-order valence-electron chi connectivity index (χ3n) is 7.59. The minimum atomic E-state index is -0.121. The first-order chi connectivity index (χ1) is 21.2. The van der Waals surface area contributed by atoms with Crippen molar-refractivity contribution >= 4 is 0 Å². The summed E-state index contributed by atoms with van der Waals surface area (Å²) in [4.78, 5) is 22.6. The van der Waals surface area contributed by atoms with Gasteiger partial charge in [0.05, 0.1) is 0 Å². The first-order valence-electron chi connectivity index (χ1n) is 15.0. The average molecular weight is 575 g/mol. The maximum Gasteiger partial charge on any atom is 0.132 e. The zero-order valence-corrected chi connectivity index (χ0v) is 24.6.